The third-order valence-corrected chi connectivity index (χ3v) is 5.91. The van der Waals surface area contributed by atoms with E-state index in [0.29, 0.717) is 33.5 Å². The SMILES string of the molecule is COc1ccccc1Nc1nc(-c2cc3ccc(OCc4ccc(F)cc4)cc3oc2=O)cs1. The molecule has 0 atom stereocenters. The van der Waals surface area contributed by atoms with Crippen LogP contribution in [0.2, 0.25) is 0 Å². The van der Waals surface area contributed by atoms with E-state index in [-0.39, 0.29) is 12.4 Å². The molecular weight excluding hydrogens is 455 g/mol. The zero-order valence-electron chi connectivity index (χ0n) is 18.1. The van der Waals surface area contributed by atoms with Crippen LogP contribution in [0.25, 0.3) is 22.2 Å². The number of halogens is 1. The van der Waals surface area contributed by atoms with Gasteiger partial charge in [0.25, 0.3) is 0 Å². The summed E-state index contributed by atoms with van der Waals surface area (Å²) in [7, 11) is 1.60. The third-order valence-electron chi connectivity index (χ3n) is 5.15. The largest absolute Gasteiger partial charge is 0.495 e. The third kappa shape index (κ3) is 4.62. The Kier molecular flexibility index (Phi) is 5.97. The molecule has 0 saturated heterocycles. The lowest BCUT2D eigenvalue weighted by Crippen LogP contribution is -2.03. The summed E-state index contributed by atoms with van der Waals surface area (Å²) in [6, 6.07) is 20.7. The molecule has 0 aliphatic rings. The number of benzene rings is 3. The molecule has 170 valence electrons. The van der Waals surface area contributed by atoms with Crippen LogP contribution in [0.3, 0.4) is 0 Å². The number of hydrogen-bond acceptors (Lipinski definition) is 7. The fourth-order valence-electron chi connectivity index (χ4n) is 3.43. The van der Waals surface area contributed by atoms with E-state index in [9.17, 15) is 9.18 Å². The lowest BCUT2D eigenvalue weighted by molar-refractivity contribution is 0.306. The molecule has 1 N–H and O–H groups in total. The van der Waals surface area contributed by atoms with Gasteiger partial charge in [0.15, 0.2) is 5.13 Å². The first-order chi connectivity index (χ1) is 16.6. The van der Waals surface area contributed by atoms with Crippen molar-refractivity contribution in [1.29, 1.82) is 0 Å². The second-order valence-corrected chi connectivity index (χ2v) is 8.28. The summed E-state index contributed by atoms with van der Waals surface area (Å²) in [6.07, 6.45) is 0. The molecule has 5 rings (SSSR count). The molecule has 8 heteroatoms. The van der Waals surface area contributed by atoms with Gasteiger partial charge in [-0.2, -0.15) is 0 Å². The standard InChI is InChI=1S/C26H19FN2O4S/c1-31-23-5-3-2-4-21(23)28-26-29-22(15-34-26)20-12-17-8-11-19(13-24(17)33-25(20)30)32-14-16-6-9-18(27)10-7-16/h2-13,15H,14H2,1H3,(H,28,29). The average Bonchev–Trinajstić information content (AvgIpc) is 3.31. The first kappa shape index (κ1) is 21.7. The smallest absolute Gasteiger partial charge is 0.345 e. The summed E-state index contributed by atoms with van der Waals surface area (Å²) >= 11 is 1.38. The summed E-state index contributed by atoms with van der Waals surface area (Å²) in [5, 5.41) is 6.40. The number of para-hydroxylation sites is 2. The van der Waals surface area contributed by atoms with E-state index in [0.717, 1.165) is 16.6 Å². The number of nitrogens with one attached hydrogen (secondary N) is 1. The predicted octanol–water partition coefficient (Wildman–Crippen LogP) is 6.39. The zero-order chi connectivity index (χ0) is 23.5. The van der Waals surface area contributed by atoms with Gasteiger partial charge in [0, 0.05) is 16.8 Å². The van der Waals surface area contributed by atoms with Gasteiger partial charge >= 0.3 is 5.63 Å². The number of nitrogens with zero attached hydrogens (tertiary/aromatic N) is 1. The molecule has 0 aliphatic heterocycles. The van der Waals surface area contributed by atoms with Gasteiger partial charge in [0.2, 0.25) is 0 Å². The van der Waals surface area contributed by atoms with Crippen LogP contribution in [0.5, 0.6) is 11.5 Å². The molecule has 2 heterocycles. The number of aromatic nitrogens is 1. The minimum atomic E-state index is -0.489. The Labute approximate surface area is 198 Å². The summed E-state index contributed by atoms with van der Waals surface area (Å²) in [5.41, 5.74) is 2.43. The monoisotopic (exact) mass is 474 g/mol. The molecule has 0 fully saturated rings. The zero-order valence-corrected chi connectivity index (χ0v) is 18.9. The van der Waals surface area contributed by atoms with Gasteiger partial charge in [0.05, 0.1) is 24.1 Å². The van der Waals surface area contributed by atoms with Crippen LogP contribution in [0, 0.1) is 5.82 Å². The van der Waals surface area contributed by atoms with Gasteiger partial charge in [-0.25, -0.2) is 14.2 Å². The number of rotatable bonds is 7. The number of fused-ring (bicyclic) bond motifs is 1. The van der Waals surface area contributed by atoms with Gasteiger partial charge in [-0.3, -0.25) is 0 Å². The Morgan fingerprint density at radius 3 is 2.71 bits per heavy atom. The first-order valence-electron chi connectivity index (χ1n) is 10.4. The minimum absolute atomic E-state index is 0.273. The Bertz CT molecular complexity index is 1510. The number of anilines is 2. The van der Waals surface area contributed by atoms with E-state index in [2.05, 4.69) is 10.3 Å². The van der Waals surface area contributed by atoms with Crippen LogP contribution < -0.4 is 20.4 Å². The Hall–Kier alpha value is -4.17. The van der Waals surface area contributed by atoms with Crippen molar-refractivity contribution in [2.45, 2.75) is 6.61 Å². The van der Waals surface area contributed by atoms with Gasteiger partial charge in [-0.1, -0.05) is 24.3 Å². The molecule has 3 aromatic carbocycles. The average molecular weight is 475 g/mol. The highest BCUT2D eigenvalue weighted by Gasteiger charge is 2.13. The number of thiazole rings is 1. The lowest BCUT2D eigenvalue weighted by atomic mass is 10.1. The maximum absolute atomic E-state index is 13.1. The number of hydrogen-bond donors (Lipinski definition) is 1. The topological polar surface area (TPSA) is 73.6 Å². The molecule has 0 radical (unpaired) electrons. The molecule has 0 unspecified atom stereocenters. The number of methoxy groups -OCH3 is 1. The van der Waals surface area contributed by atoms with Crippen molar-refractivity contribution in [2.24, 2.45) is 0 Å². The van der Waals surface area contributed by atoms with Crippen molar-refractivity contribution in [3.63, 3.8) is 0 Å². The molecule has 34 heavy (non-hydrogen) atoms. The van der Waals surface area contributed by atoms with Crippen LogP contribution in [0.1, 0.15) is 5.56 Å². The van der Waals surface area contributed by atoms with Gasteiger partial charge < -0.3 is 19.2 Å². The molecular formula is C26H19FN2O4S. The van der Waals surface area contributed by atoms with Gasteiger partial charge in [-0.15, -0.1) is 11.3 Å². The van der Waals surface area contributed by atoms with E-state index >= 15 is 0 Å². The minimum Gasteiger partial charge on any atom is -0.495 e. The summed E-state index contributed by atoms with van der Waals surface area (Å²) in [4.78, 5) is 17.3. The Morgan fingerprint density at radius 1 is 1.06 bits per heavy atom. The maximum Gasteiger partial charge on any atom is 0.345 e. The maximum atomic E-state index is 13.1. The van der Waals surface area contributed by atoms with E-state index in [4.69, 9.17) is 13.9 Å². The number of ether oxygens (including phenoxy) is 2. The van der Waals surface area contributed by atoms with Crippen molar-refractivity contribution < 1.29 is 18.3 Å². The van der Waals surface area contributed by atoms with E-state index in [1.54, 1.807) is 42.8 Å². The van der Waals surface area contributed by atoms with Gasteiger partial charge in [0.1, 0.15) is 29.5 Å². The predicted molar refractivity (Wildman–Crippen MR) is 131 cm³/mol. The van der Waals surface area contributed by atoms with Crippen LogP contribution in [0.4, 0.5) is 15.2 Å². The van der Waals surface area contributed by atoms with Crippen LogP contribution in [0.15, 0.2) is 87.4 Å². The van der Waals surface area contributed by atoms with E-state index < -0.39 is 5.63 Å². The molecule has 0 spiro atoms. The second kappa shape index (κ2) is 9.36. The summed E-state index contributed by atoms with van der Waals surface area (Å²) in [6.45, 7) is 0.273. The van der Waals surface area contributed by atoms with E-state index in [1.807, 2.05) is 30.3 Å². The highest BCUT2D eigenvalue weighted by atomic mass is 32.1. The van der Waals surface area contributed by atoms with Crippen molar-refractivity contribution in [1.82, 2.24) is 4.98 Å². The molecule has 0 amide bonds. The molecule has 5 aromatic rings. The lowest BCUT2D eigenvalue weighted by Gasteiger charge is -2.08. The fraction of sp³-hybridized carbons (Fsp3) is 0.0769. The van der Waals surface area contributed by atoms with Crippen LogP contribution >= 0.6 is 11.3 Å². The quantitative estimate of drug-likeness (QED) is 0.276. The first-order valence-corrected chi connectivity index (χ1v) is 11.3. The molecule has 0 aliphatic carbocycles. The van der Waals surface area contributed by atoms with Crippen molar-refractivity contribution in [3.8, 4) is 22.8 Å². The molecule has 0 saturated carbocycles. The van der Waals surface area contributed by atoms with Crippen molar-refractivity contribution in [2.75, 3.05) is 12.4 Å². The Morgan fingerprint density at radius 2 is 1.88 bits per heavy atom. The van der Waals surface area contributed by atoms with Crippen molar-refractivity contribution >= 4 is 33.1 Å². The van der Waals surface area contributed by atoms with Gasteiger partial charge in [-0.05, 0) is 48.0 Å². The highest BCUT2D eigenvalue weighted by Crippen LogP contribution is 2.31. The Balaban J connectivity index is 1.36. The molecule has 2 aromatic heterocycles. The van der Waals surface area contributed by atoms with E-state index in [1.165, 1.54) is 23.5 Å². The molecule has 6 nitrogen and oxygen atoms in total. The highest BCUT2D eigenvalue weighted by molar-refractivity contribution is 7.14. The van der Waals surface area contributed by atoms with Crippen LogP contribution in [-0.4, -0.2) is 12.1 Å². The second-order valence-electron chi connectivity index (χ2n) is 7.43. The fourth-order valence-corrected chi connectivity index (χ4v) is 4.15. The van der Waals surface area contributed by atoms with Crippen LogP contribution in [-0.2, 0) is 6.61 Å². The molecule has 0 bridgehead atoms. The summed E-state index contributed by atoms with van der Waals surface area (Å²) < 4.78 is 29.7. The van der Waals surface area contributed by atoms with Crippen molar-refractivity contribution in [3.05, 3.63) is 100.0 Å². The normalized spacial score (nSPS) is 10.9. The summed E-state index contributed by atoms with van der Waals surface area (Å²) in [5.74, 6) is 0.946.